The molecule has 5 heteroatoms. The highest BCUT2D eigenvalue weighted by Gasteiger charge is 2.19. The molecule has 0 saturated carbocycles. The maximum atomic E-state index is 4.78. The van der Waals surface area contributed by atoms with Gasteiger partial charge in [-0.05, 0) is 55.4 Å². The molecule has 1 N–H and O–H groups in total. The first kappa shape index (κ1) is 27.7. The van der Waals surface area contributed by atoms with Crippen molar-refractivity contribution in [3.8, 4) is 0 Å². The van der Waals surface area contributed by atoms with Gasteiger partial charge in [0.05, 0.1) is 12.1 Å². The van der Waals surface area contributed by atoms with Crippen molar-refractivity contribution in [1.29, 1.82) is 0 Å². The van der Waals surface area contributed by atoms with Gasteiger partial charge in [-0.1, -0.05) is 75.0 Å². The molecular weight excluding hydrogens is 442 g/mol. The first-order valence-electron chi connectivity index (χ1n) is 13.1. The lowest BCUT2D eigenvalue weighted by atomic mass is 10.1. The molecule has 0 bridgehead atoms. The van der Waals surface area contributed by atoms with Gasteiger partial charge in [0.15, 0.2) is 0 Å². The van der Waals surface area contributed by atoms with Crippen LogP contribution in [0.4, 0.5) is 0 Å². The van der Waals surface area contributed by atoms with E-state index in [1.165, 1.54) is 10.8 Å². The summed E-state index contributed by atoms with van der Waals surface area (Å²) in [6, 6.07) is 16.7. The summed E-state index contributed by atoms with van der Waals surface area (Å²) in [5.74, 6) is 1.71. The number of nitrogens with one attached hydrogen (secondary N) is 1. The van der Waals surface area contributed by atoms with Gasteiger partial charge in [0, 0.05) is 43.8 Å². The third-order valence-corrected chi connectivity index (χ3v) is 6.41. The van der Waals surface area contributed by atoms with E-state index in [1.54, 1.807) is 0 Å². The van der Waals surface area contributed by atoms with Crippen LogP contribution in [0, 0.1) is 12.8 Å². The highest BCUT2D eigenvalue weighted by molar-refractivity contribution is 5.80. The van der Waals surface area contributed by atoms with Crippen molar-refractivity contribution < 1.29 is 0 Å². The van der Waals surface area contributed by atoms with Gasteiger partial charge in [-0.2, -0.15) is 0 Å². The van der Waals surface area contributed by atoms with Gasteiger partial charge in [-0.3, -0.25) is 9.80 Å². The standard InChI is InChI=1S/C26H30N4.C5H13N/c1-4-9-22(23-11-6-5-10-20(23)2)18-29-14-16-30(17-15-29)19-26-27-21(3)24-12-7-8-13-25(24)28-26;1-5(2)4-6-3/h4-13H,2,14-19H2,1,3H3;5-6H,4H2,1-3H3/b9-4-,23-22+;. The highest BCUT2D eigenvalue weighted by atomic mass is 15.3. The summed E-state index contributed by atoms with van der Waals surface area (Å²) in [6.45, 7) is 19.8. The molecule has 5 nitrogen and oxygen atoms in total. The number of nitrogens with zero attached hydrogens (tertiary/aromatic N) is 4. The fraction of sp³-hybridized carbons (Fsp3) is 0.419. The first-order valence-corrected chi connectivity index (χ1v) is 13.1. The number of para-hydroxylation sites is 1. The summed E-state index contributed by atoms with van der Waals surface area (Å²) >= 11 is 0. The normalized spacial score (nSPS) is 15.8. The summed E-state index contributed by atoms with van der Waals surface area (Å²) in [4.78, 5) is 14.5. The minimum absolute atomic E-state index is 0.787. The zero-order valence-electron chi connectivity index (χ0n) is 22.8. The van der Waals surface area contributed by atoms with Crippen molar-refractivity contribution >= 4 is 23.1 Å². The van der Waals surface area contributed by atoms with E-state index in [0.29, 0.717) is 0 Å². The molecule has 0 aliphatic carbocycles. The van der Waals surface area contributed by atoms with Gasteiger partial charge in [-0.25, -0.2) is 9.97 Å². The van der Waals surface area contributed by atoms with Gasteiger partial charge in [0.2, 0.25) is 0 Å². The highest BCUT2D eigenvalue weighted by Crippen LogP contribution is 2.16. The summed E-state index contributed by atoms with van der Waals surface area (Å²) in [7, 11) is 1.97. The predicted octanol–water partition coefficient (Wildman–Crippen LogP) is 3.75. The molecule has 192 valence electrons. The van der Waals surface area contributed by atoms with Crippen LogP contribution in [0.2, 0.25) is 0 Å². The molecule has 1 aliphatic rings. The van der Waals surface area contributed by atoms with Crippen LogP contribution in [-0.2, 0) is 6.54 Å². The van der Waals surface area contributed by atoms with E-state index in [4.69, 9.17) is 9.97 Å². The van der Waals surface area contributed by atoms with Crippen LogP contribution in [0.3, 0.4) is 0 Å². The van der Waals surface area contributed by atoms with E-state index in [1.807, 2.05) is 19.2 Å². The van der Waals surface area contributed by atoms with Crippen molar-refractivity contribution in [1.82, 2.24) is 25.1 Å². The fourth-order valence-corrected chi connectivity index (χ4v) is 4.58. The number of benzene rings is 2. The SMILES string of the molecule is C=c1cccc/c1=C(/C=C\C)CN1CCN(Cc2nc(C)c3ccccc3n2)CC1.CNCC(C)C. The number of rotatable bonds is 7. The van der Waals surface area contributed by atoms with E-state index in [-0.39, 0.29) is 0 Å². The zero-order valence-corrected chi connectivity index (χ0v) is 22.8. The van der Waals surface area contributed by atoms with Crippen molar-refractivity contribution in [3.63, 3.8) is 0 Å². The van der Waals surface area contributed by atoms with Crippen LogP contribution in [0.5, 0.6) is 0 Å². The Kier molecular flexibility index (Phi) is 10.8. The number of hydrogen-bond acceptors (Lipinski definition) is 5. The lowest BCUT2D eigenvalue weighted by Gasteiger charge is -2.34. The lowest BCUT2D eigenvalue weighted by Crippen LogP contribution is -2.47. The van der Waals surface area contributed by atoms with Gasteiger partial charge >= 0.3 is 0 Å². The fourth-order valence-electron chi connectivity index (χ4n) is 4.58. The molecular formula is C31H43N5. The zero-order chi connectivity index (χ0) is 25.9. The molecule has 36 heavy (non-hydrogen) atoms. The van der Waals surface area contributed by atoms with Crippen molar-refractivity contribution in [2.45, 2.75) is 34.2 Å². The summed E-state index contributed by atoms with van der Waals surface area (Å²) < 4.78 is 0. The second-order valence-electron chi connectivity index (χ2n) is 9.93. The number of hydrogen-bond donors (Lipinski definition) is 1. The summed E-state index contributed by atoms with van der Waals surface area (Å²) in [6.07, 6.45) is 4.35. The predicted molar refractivity (Wildman–Crippen MR) is 154 cm³/mol. The Morgan fingerprint density at radius 1 is 1.00 bits per heavy atom. The minimum Gasteiger partial charge on any atom is -0.319 e. The average molecular weight is 486 g/mol. The Hall–Kier alpha value is -2.86. The smallest absolute Gasteiger partial charge is 0.143 e. The molecule has 1 aliphatic heterocycles. The topological polar surface area (TPSA) is 44.3 Å². The quantitative estimate of drug-likeness (QED) is 0.552. The van der Waals surface area contributed by atoms with Crippen LogP contribution in [0.25, 0.3) is 23.1 Å². The molecule has 0 spiro atoms. The molecule has 0 unspecified atom stereocenters. The molecule has 3 aromatic rings. The van der Waals surface area contributed by atoms with Gasteiger partial charge in [-0.15, -0.1) is 0 Å². The van der Waals surface area contributed by atoms with Crippen LogP contribution in [-0.4, -0.2) is 66.1 Å². The van der Waals surface area contributed by atoms with Gasteiger partial charge in [0.1, 0.15) is 5.82 Å². The number of piperazine rings is 1. The third kappa shape index (κ3) is 8.09. The van der Waals surface area contributed by atoms with Crippen molar-refractivity contribution in [2.24, 2.45) is 5.92 Å². The van der Waals surface area contributed by atoms with Gasteiger partial charge in [0.25, 0.3) is 0 Å². The van der Waals surface area contributed by atoms with Crippen LogP contribution < -0.4 is 15.8 Å². The van der Waals surface area contributed by atoms with Crippen LogP contribution in [0.1, 0.15) is 32.3 Å². The number of fused-ring (bicyclic) bond motifs is 1. The van der Waals surface area contributed by atoms with E-state index in [9.17, 15) is 0 Å². The van der Waals surface area contributed by atoms with Crippen molar-refractivity contribution in [2.75, 3.05) is 46.3 Å². The number of aryl methyl sites for hydroxylation is 1. The molecule has 0 atom stereocenters. The van der Waals surface area contributed by atoms with Crippen LogP contribution in [0.15, 0.2) is 60.7 Å². The Labute approximate surface area is 217 Å². The average Bonchev–Trinajstić information content (AvgIpc) is 2.86. The maximum Gasteiger partial charge on any atom is 0.143 e. The van der Waals surface area contributed by atoms with E-state index < -0.39 is 0 Å². The number of allylic oxidation sites excluding steroid dienone is 1. The molecule has 1 saturated heterocycles. The van der Waals surface area contributed by atoms with Gasteiger partial charge < -0.3 is 5.32 Å². The lowest BCUT2D eigenvalue weighted by molar-refractivity contribution is 0.136. The Balaban J connectivity index is 0.000000538. The second kappa shape index (κ2) is 14.0. The molecule has 2 heterocycles. The Morgan fingerprint density at radius 2 is 1.67 bits per heavy atom. The molecule has 2 aromatic carbocycles. The first-order chi connectivity index (χ1) is 17.4. The third-order valence-electron chi connectivity index (χ3n) is 6.41. The van der Waals surface area contributed by atoms with Crippen molar-refractivity contribution in [3.05, 3.63) is 82.6 Å². The summed E-state index contributed by atoms with van der Waals surface area (Å²) in [5, 5.41) is 6.55. The second-order valence-corrected chi connectivity index (χ2v) is 9.93. The molecule has 0 radical (unpaired) electrons. The number of aromatic nitrogens is 2. The Bertz CT molecular complexity index is 1240. The monoisotopic (exact) mass is 485 g/mol. The Morgan fingerprint density at radius 3 is 2.31 bits per heavy atom. The largest absolute Gasteiger partial charge is 0.319 e. The molecule has 0 amide bonds. The molecule has 1 aromatic heterocycles. The van der Waals surface area contributed by atoms with E-state index in [2.05, 4.69) is 97.9 Å². The summed E-state index contributed by atoms with van der Waals surface area (Å²) in [5.41, 5.74) is 3.44. The molecule has 4 rings (SSSR count). The van der Waals surface area contributed by atoms with Crippen LogP contribution >= 0.6 is 0 Å². The maximum absolute atomic E-state index is 4.78. The minimum atomic E-state index is 0.787. The van der Waals surface area contributed by atoms with E-state index in [0.717, 1.165) is 79.4 Å². The van der Waals surface area contributed by atoms with E-state index >= 15 is 0 Å². The molecule has 1 fully saturated rings.